The van der Waals surface area contributed by atoms with Crippen LogP contribution in [0.25, 0.3) is 55.3 Å². The van der Waals surface area contributed by atoms with Crippen LogP contribution in [0, 0.1) is 0 Å². The van der Waals surface area contributed by atoms with E-state index in [2.05, 4.69) is 185 Å². The summed E-state index contributed by atoms with van der Waals surface area (Å²) in [4.78, 5) is 2.47. The molecule has 0 radical (unpaired) electrons. The van der Waals surface area contributed by atoms with Crippen molar-refractivity contribution in [2.75, 3.05) is 4.90 Å². The Morgan fingerprint density at radius 3 is 1.84 bits per heavy atom. The Morgan fingerprint density at radius 2 is 1.12 bits per heavy atom. The lowest BCUT2D eigenvalue weighted by Crippen LogP contribution is -2.21. The van der Waals surface area contributed by atoms with E-state index in [9.17, 15) is 0 Å². The van der Waals surface area contributed by atoms with Gasteiger partial charge in [0.05, 0.1) is 5.69 Å². The normalized spacial score (nSPS) is 15.9. The highest BCUT2D eigenvalue weighted by Gasteiger charge is 2.45. The third-order valence-corrected chi connectivity index (χ3v) is 13.6. The number of fused-ring (bicyclic) bond motifs is 11. The highest BCUT2D eigenvalue weighted by atomic mass is 16.3. The number of hydrogen-bond acceptors (Lipinski definition) is 2. The number of anilines is 3. The maximum atomic E-state index is 6.94. The number of hydrogen-bond donors (Lipinski definition) is 0. The molecule has 1 aromatic heterocycles. The molecule has 1 heterocycles. The molecule has 2 nitrogen and oxygen atoms in total. The van der Waals surface area contributed by atoms with E-state index in [1.807, 2.05) is 0 Å². The predicted molar refractivity (Wildman–Crippen MR) is 235 cm³/mol. The van der Waals surface area contributed by atoms with Gasteiger partial charge in [-0.3, -0.25) is 0 Å². The van der Waals surface area contributed by atoms with Gasteiger partial charge in [-0.15, -0.1) is 0 Å². The Hall–Kier alpha value is -5.86. The lowest BCUT2D eigenvalue weighted by molar-refractivity contribution is 0.550. The zero-order valence-corrected chi connectivity index (χ0v) is 33.0. The molecule has 11 rings (SSSR count). The quantitative estimate of drug-likeness (QED) is 0.180. The van der Waals surface area contributed by atoms with Crippen LogP contribution < -0.4 is 4.90 Å². The summed E-state index contributed by atoms with van der Waals surface area (Å²) in [6, 6.07) is 54.9. The van der Waals surface area contributed by atoms with E-state index in [-0.39, 0.29) is 16.2 Å². The third kappa shape index (κ3) is 4.75. The Bertz CT molecular complexity index is 2870. The van der Waals surface area contributed by atoms with Gasteiger partial charge in [0.15, 0.2) is 5.58 Å². The van der Waals surface area contributed by atoms with Crippen molar-refractivity contribution in [1.82, 2.24) is 0 Å². The van der Waals surface area contributed by atoms with Crippen LogP contribution in [-0.4, -0.2) is 0 Å². The van der Waals surface area contributed by atoms with E-state index in [1.165, 1.54) is 92.6 Å². The van der Waals surface area contributed by atoms with Crippen molar-refractivity contribution in [2.45, 2.75) is 76.5 Å². The first kappa shape index (κ1) is 33.5. The van der Waals surface area contributed by atoms with Crippen LogP contribution in [0.4, 0.5) is 17.1 Å². The molecule has 8 aromatic rings. The molecule has 0 atom stereocenters. The van der Waals surface area contributed by atoms with Crippen molar-refractivity contribution in [1.29, 1.82) is 0 Å². The van der Waals surface area contributed by atoms with Gasteiger partial charge in [-0.2, -0.15) is 0 Å². The zero-order valence-electron chi connectivity index (χ0n) is 33.0. The molecule has 0 unspecified atom stereocenters. The van der Waals surface area contributed by atoms with E-state index in [0.29, 0.717) is 0 Å². The van der Waals surface area contributed by atoms with Gasteiger partial charge in [0.25, 0.3) is 0 Å². The van der Waals surface area contributed by atoms with Crippen molar-refractivity contribution in [3.63, 3.8) is 0 Å². The van der Waals surface area contributed by atoms with Gasteiger partial charge in [-0.05, 0) is 122 Å². The van der Waals surface area contributed by atoms with Crippen molar-refractivity contribution in [3.05, 3.63) is 173 Å². The Kier molecular flexibility index (Phi) is 7.07. The molecule has 0 bridgehead atoms. The molecule has 274 valence electrons. The first-order valence-electron chi connectivity index (χ1n) is 20.5. The maximum absolute atomic E-state index is 6.94. The molecule has 3 aliphatic carbocycles. The number of nitrogens with zero attached hydrogens (tertiary/aromatic N) is 1. The van der Waals surface area contributed by atoms with Crippen molar-refractivity contribution >= 4 is 39.0 Å². The molecule has 2 heteroatoms. The molecule has 1 spiro atoms. The topological polar surface area (TPSA) is 16.4 Å². The molecule has 56 heavy (non-hydrogen) atoms. The summed E-state index contributed by atoms with van der Waals surface area (Å²) in [7, 11) is 0. The number of benzene rings is 7. The van der Waals surface area contributed by atoms with E-state index < -0.39 is 0 Å². The largest absolute Gasteiger partial charge is 0.454 e. The maximum Gasteiger partial charge on any atom is 0.159 e. The number of para-hydroxylation sites is 1. The van der Waals surface area contributed by atoms with Crippen molar-refractivity contribution in [2.24, 2.45) is 0 Å². The lowest BCUT2D eigenvalue weighted by Gasteiger charge is -2.31. The fourth-order valence-corrected chi connectivity index (χ4v) is 10.7. The highest BCUT2D eigenvalue weighted by molar-refractivity contribution is 6.11. The molecular weight excluding hydrogens is 679 g/mol. The summed E-state index contributed by atoms with van der Waals surface area (Å²) in [5.74, 6) is 0. The van der Waals surface area contributed by atoms with Gasteiger partial charge in [0.2, 0.25) is 0 Å². The minimum absolute atomic E-state index is 0.0715. The first-order chi connectivity index (χ1) is 27.1. The van der Waals surface area contributed by atoms with E-state index in [0.717, 1.165) is 33.3 Å². The molecule has 0 saturated heterocycles. The molecule has 0 N–H and O–H groups in total. The van der Waals surface area contributed by atoms with Gasteiger partial charge < -0.3 is 9.32 Å². The molecule has 0 aliphatic heterocycles. The summed E-state index contributed by atoms with van der Waals surface area (Å²) in [6.07, 6.45) is 4.94. The number of rotatable bonds is 4. The Balaban J connectivity index is 1.11. The second kappa shape index (κ2) is 11.8. The van der Waals surface area contributed by atoms with E-state index in [4.69, 9.17) is 4.42 Å². The fourth-order valence-electron chi connectivity index (χ4n) is 10.7. The minimum atomic E-state index is -0.117. The SMILES string of the molecule is CC(C)(C)c1ccc(-c2ccc3oc4c(N(c5ccc6c(c5)C(C)(C)c5ccccc5-6)c5ccc6c(c5)C5(CCCC5)c5ccccc5-6)cccc4c3c2)cc1. The molecule has 0 amide bonds. The van der Waals surface area contributed by atoms with Crippen LogP contribution in [0.15, 0.2) is 150 Å². The Morgan fingerprint density at radius 1 is 0.518 bits per heavy atom. The lowest BCUT2D eigenvalue weighted by atomic mass is 9.76. The molecule has 7 aromatic carbocycles. The molecule has 1 fully saturated rings. The second-order valence-corrected chi connectivity index (χ2v) is 18.1. The summed E-state index contributed by atoms with van der Waals surface area (Å²) in [5, 5.41) is 2.27. The van der Waals surface area contributed by atoms with Gasteiger partial charge in [-0.25, -0.2) is 0 Å². The highest BCUT2D eigenvalue weighted by Crippen LogP contribution is 2.58. The van der Waals surface area contributed by atoms with E-state index >= 15 is 0 Å². The summed E-state index contributed by atoms with van der Waals surface area (Å²) in [5.41, 5.74) is 20.2. The summed E-state index contributed by atoms with van der Waals surface area (Å²) >= 11 is 0. The average Bonchev–Trinajstić information content (AvgIpc) is 3.97. The molecule has 3 aliphatic rings. The van der Waals surface area contributed by atoms with Crippen molar-refractivity contribution in [3.8, 4) is 33.4 Å². The monoisotopic (exact) mass is 725 g/mol. The summed E-state index contributed by atoms with van der Waals surface area (Å²) in [6.45, 7) is 11.5. The standard InChI is InChI=1S/C54H47NO/c1-52(2,3)36-22-19-34(20-23-36)35-21-28-50-44(31-35)43-15-12-18-49(51(43)56-50)55(37-24-26-41-39-13-6-8-16-45(39)53(4,5)47(41)32-37)38-25-27-42-40-14-7-9-17-46(40)54(48(42)33-38)29-10-11-30-54/h6-9,12-28,31-33H,10-11,29-30H2,1-5H3. The van der Waals surface area contributed by atoms with Crippen LogP contribution in [0.1, 0.15) is 88.1 Å². The number of furan rings is 1. The zero-order chi connectivity index (χ0) is 38.0. The Labute approximate surface area is 330 Å². The second-order valence-electron chi connectivity index (χ2n) is 18.1. The van der Waals surface area contributed by atoms with Crippen LogP contribution >= 0.6 is 0 Å². The van der Waals surface area contributed by atoms with Gasteiger partial charge in [0, 0.05) is 33.0 Å². The van der Waals surface area contributed by atoms with Crippen LogP contribution in [0.5, 0.6) is 0 Å². The van der Waals surface area contributed by atoms with Gasteiger partial charge in [-0.1, -0.05) is 151 Å². The summed E-state index contributed by atoms with van der Waals surface area (Å²) < 4.78 is 6.94. The van der Waals surface area contributed by atoms with Crippen LogP contribution in [-0.2, 0) is 16.2 Å². The molecular formula is C54H47NO. The third-order valence-electron chi connectivity index (χ3n) is 13.6. The van der Waals surface area contributed by atoms with Crippen LogP contribution in [0.3, 0.4) is 0 Å². The first-order valence-corrected chi connectivity index (χ1v) is 20.5. The minimum Gasteiger partial charge on any atom is -0.454 e. The van der Waals surface area contributed by atoms with Crippen LogP contribution in [0.2, 0.25) is 0 Å². The van der Waals surface area contributed by atoms with E-state index in [1.54, 1.807) is 0 Å². The van der Waals surface area contributed by atoms with Crippen molar-refractivity contribution < 1.29 is 4.42 Å². The average molecular weight is 726 g/mol. The van der Waals surface area contributed by atoms with Gasteiger partial charge in [0.1, 0.15) is 5.58 Å². The predicted octanol–water partition coefficient (Wildman–Crippen LogP) is 15.2. The van der Waals surface area contributed by atoms with Gasteiger partial charge >= 0.3 is 0 Å². The smallest absolute Gasteiger partial charge is 0.159 e. The fraction of sp³-hybridized carbons (Fsp3) is 0.222. The molecule has 1 saturated carbocycles.